The van der Waals surface area contributed by atoms with E-state index in [0.717, 1.165) is 13.1 Å². The lowest BCUT2D eigenvalue weighted by Gasteiger charge is -1.96. The van der Waals surface area contributed by atoms with Crippen molar-refractivity contribution in [2.45, 2.75) is 20.4 Å². The molecule has 1 aromatic rings. The van der Waals surface area contributed by atoms with Gasteiger partial charge in [0.15, 0.2) is 0 Å². The van der Waals surface area contributed by atoms with Crippen molar-refractivity contribution in [3.63, 3.8) is 0 Å². The lowest BCUT2D eigenvalue weighted by Crippen LogP contribution is -2.11. The van der Waals surface area contributed by atoms with Crippen LogP contribution in [0.3, 0.4) is 0 Å². The monoisotopic (exact) mass is 181 g/mol. The Morgan fingerprint density at radius 1 is 1.50 bits per heavy atom. The molecule has 0 fully saturated rings. The molecular weight excluding hydrogens is 166 g/mol. The van der Waals surface area contributed by atoms with Crippen LogP contribution >= 0.6 is 11.3 Å². The molecule has 1 N–H and O–H groups in total. The largest absolute Gasteiger partial charge is 0.308 e. The van der Waals surface area contributed by atoms with Gasteiger partial charge >= 0.3 is 0 Å². The van der Waals surface area contributed by atoms with Crippen LogP contribution in [-0.2, 0) is 6.54 Å². The summed E-state index contributed by atoms with van der Waals surface area (Å²) in [5.41, 5.74) is 0. The zero-order chi connectivity index (χ0) is 8.81. The van der Waals surface area contributed by atoms with Crippen molar-refractivity contribution in [3.8, 4) is 0 Å². The molecule has 0 bridgehead atoms. The van der Waals surface area contributed by atoms with Crippen LogP contribution in [0.25, 0.3) is 0 Å². The fraction of sp³-hybridized carbons (Fsp3) is 0.400. The predicted molar refractivity (Wildman–Crippen MR) is 55.6 cm³/mol. The maximum atomic E-state index is 3.34. The Morgan fingerprint density at radius 2 is 2.33 bits per heavy atom. The van der Waals surface area contributed by atoms with Gasteiger partial charge in [-0.25, -0.2) is 0 Å². The minimum atomic E-state index is 0.966. The highest BCUT2D eigenvalue weighted by atomic mass is 32.1. The molecule has 66 valence electrons. The third-order valence-electron chi connectivity index (χ3n) is 1.59. The number of allylic oxidation sites excluding steroid dienone is 1. The Kier molecular flexibility index (Phi) is 4.05. The molecule has 0 saturated heterocycles. The van der Waals surface area contributed by atoms with Gasteiger partial charge in [0.25, 0.3) is 0 Å². The van der Waals surface area contributed by atoms with Gasteiger partial charge in [-0.1, -0.05) is 12.2 Å². The third kappa shape index (κ3) is 3.20. The second kappa shape index (κ2) is 5.12. The van der Waals surface area contributed by atoms with E-state index in [4.69, 9.17) is 0 Å². The Morgan fingerprint density at radius 3 is 2.92 bits per heavy atom. The third-order valence-corrected chi connectivity index (χ3v) is 2.59. The average Bonchev–Trinajstić information content (AvgIpc) is 2.45. The van der Waals surface area contributed by atoms with E-state index in [1.54, 1.807) is 0 Å². The lowest BCUT2D eigenvalue weighted by atomic mass is 10.4. The zero-order valence-corrected chi connectivity index (χ0v) is 8.45. The molecule has 0 aliphatic carbocycles. The molecule has 0 aromatic carbocycles. The minimum Gasteiger partial charge on any atom is -0.308 e. The summed E-state index contributed by atoms with van der Waals surface area (Å²) in [6, 6.07) is 4.35. The summed E-state index contributed by atoms with van der Waals surface area (Å²) in [6.07, 6.45) is 4.19. The normalized spacial score (nSPS) is 11.2. The molecule has 0 spiro atoms. The van der Waals surface area contributed by atoms with Gasteiger partial charge in [0, 0.05) is 22.8 Å². The molecule has 1 aromatic heterocycles. The molecular formula is C10H15NS. The van der Waals surface area contributed by atoms with Gasteiger partial charge < -0.3 is 5.32 Å². The second-order valence-corrected chi connectivity index (χ2v) is 4.08. The fourth-order valence-electron chi connectivity index (χ4n) is 0.977. The van der Waals surface area contributed by atoms with E-state index in [1.165, 1.54) is 9.75 Å². The van der Waals surface area contributed by atoms with Crippen molar-refractivity contribution < 1.29 is 0 Å². The topological polar surface area (TPSA) is 12.0 Å². The first kappa shape index (κ1) is 9.49. The Labute approximate surface area is 78.1 Å². The summed E-state index contributed by atoms with van der Waals surface area (Å²) >= 11 is 1.86. The van der Waals surface area contributed by atoms with Crippen molar-refractivity contribution in [1.29, 1.82) is 0 Å². The highest BCUT2D eigenvalue weighted by Gasteiger charge is 1.93. The number of rotatable bonds is 4. The van der Waals surface area contributed by atoms with Gasteiger partial charge in [-0.15, -0.1) is 11.3 Å². The molecule has 0 unspecified atom stereocenters. The zero-order valence-electron chi connectivity index (χ0n) is 7.63. The first-order valence-electron chi connectivity index (χ1n) is 4.20. The molecule has 0 radical (unpaired) electrons. The predicted octanol–water partition coefficient (Wildman–Crippen LogP) is 2.72. The van der Waals surface area contributed by atoms with E-state index in [2.05, 4.69) is 36.5 Å². The van der Waals surface area contributed by atoms with Gasteiger partial charge in [0.1, 0.15) is 0 Å². The molecule has 0 atom stereocenters. The van der Waals surface area contributed by atoms with Crippen LogP contribution in [0.5, 0.6) is 0 Å². The summed E-state index contributed by atoms with van der Waals surface area (Å²) < 4.78 is 0. The highest BCUT2D eigenvalue weighted by Crippen LogP contribution is 2.14. The smallest absolute Gasteiger partial charge is 0.0302 e. The van der Waals surface area contributed by atoms with Crippen LogP contribution in [0, 0.1) is 6.92 Å². The molecule has 12 heavy (non-hydrogen) atoms. The summed E-state index contributed by atoms with van der Waals surface area (Å²) in [5.74, 6) is 0. The molecule has 0 aliphatic heterocycles. The summed E-state index contributed by atoms with van der Waals surface area (Å²) in [5, 5.41) is 3.34. The number of hydrogen-bond acceptors (Lipinski definition) is 2. The van der Waals surface area contributed by atoms with Crippen molar-refractivity contribution in [1.82, 2.24) is 5.32 Å². The first-order chi connectivity index (χ1) is 5.83. The second-order valence-electron chi connectivity index (χ2n) is 2.71. The standard InChI is InChI=1S/C10H15NS/c1-3-4-7-11-8-10-6-5-9(2)12-10/h3-6,11H,7-8H2,1-2H3/b4-3+. The molecule has 1 heterocycles. The highest BCUT2D eigenvalue weighted by molar-refractivity contribution is 7.11. The molecule has 0 amide bonds. The van der Waals surface area contributed by atoms with E-state index in [9.17, 15) is 0 Å². The first-order valence-corrected chi connectivity index (χ1v) is 5.02. The number of hydrogen-bond donors (Lipinski definition) is 1. The van der Waals surface area contributed by atoms with Gasteiger partial charge in [0.2, 0.25) is 0 Å². The maximum Gasteiger partial charge on any atom is 0.0302 e. The molecule has 1 nitrogen and oxygen atoms in total. The molecule has 1 rings (SSSR count). The van der Waals surface area contributed by atoms with E-state index >= 15 is 0 Å². The number of aryl methyl sites for hydroxylation is 1. The minimum absolute atomic E-state index is 0.966. The van der Waals surface area contributed by atoms with Crippen LogP contribution in [0.4, 0.5) is 0 Å². The van der Waals surface area contributed by atoms with E-state index in [1.807, 2.05) is 18.3 Å². The van der Waals surface area contributed by atoms with Crippen LogP contribution in [0.1, 0.15) is 16.7 Å². The van der Waals surface area contributed by atoms with E-state index in [-0.39, 0.29) is 0 Å². The van der Waals surface area contributed by atoms with Crippen molar-refractivity contribution in [2.75, 3.05) is 6.54 Å². The SMILES string of the molecule is C/C=C/CNCc1ccc(C)s1. The average molecular weight is 181 g/mol. The Balaban J connectivity index is 2.24. The van der Waals surface area contributed by atoms with Gasteiger partial charge in [-0.2, -0.15) is 0 Å². The number of thiophene rings is 1. The van der Waals surface area contributed by atoms with Crippen molar-refractivity contribution >= 4 is 11.3 Å². The summed E-state index contributed by atoms with van der Waals surface area (Å²) in [4.78, 5) is 2.80. The van der Waals surface area contributed by atoms with E-state index < -0.39 is 0 Å². The van der Waals surface area contributed by atoms with Crippen LogP contribution in [-0.4, -0.2) is 6.54 Å². The summed E-state index contributed by atoms with van der Waals surface area (Å²) in [7, 11) is 0. The Bertz CT molecular complexity index is 250. The quantitative estimate of drug-likeness (QED) is 0.556. The van der Waals surface area contributed by atoms with Crippen molar-refractivity contribution in [3.05, 3.63) is 34.0 Å². The van der Waals surface area contributed by atoms with E-state index in [0.29, 0.717) is 0 Å². The fourth-order valence-corrected chi connectivity index (χ4v) is 1.84. The van der Waals surface area contributed by atoms with Gasteiger partial charge in [0.05, 0.1) is 0 Å². The lowest BCUT2D eigenvalue weighted by molar-refractivity contribution is 0.769. The summed E-state index contributed by atoms with van der Waals surface area (Å²) in [6.45, 7) is 6.13. The van der Waals surface area contributed by atoms with Crippen molar-refractivity contribution in [2.24, 2.45) is 0 Å². The van der Waals surface area contributed by atoms with Gasteiger partial charge in [-0.05, 0) is 26.0 Å². The number of nitrogens with one attached hydrogen (secondary N) is 1. The molecule has 0 aliphatic rings. The maximum absolute atomic E-state index is 3.34. The molecule has 0 saturated carbocycles. The Hall–Kier alpha value is -0.600. The molecule has 2 heteroatoms. The van der Waals surface area contributed by atoms with Crippen LogP contribution in [0.15, 0.2) is 24.3 Å². The van der Waals surface area contributed by atoms with Crippen LogP contribution in [0.2, 0.25) is 0 Å². The van der Waals surface area contributed by atoms with Gasteiger partial charge in [-0.3, -0.25) is 0 Å². The van der Waals surface area contributed by atoms with Crippen LogP contribution < -0.4 is 5.32 Å².